The summed E-state index contributed by atoms with van der Waals surface area (Å²) in [4.78, 5) is 10.2. The van der Waals surface area contributed by atoms with E-state index in [1.165, 1.54) is 10.6 Å². The molecule has 17 heavy (non-hydrogen) atoms. The third kappa shape index (κ3) is 1.76. The van der Waals surface area contributed by atoms with Crippen molar-refractivity contribution >= 4 is 21.0 Å². The zero-order valence-electron chi connectivity index (χ0n) is 9.11. The number of fused-ring (bicyclic) bond motifs is 1. The Balaban J connectivity index is 3.00. The predicted octanol–water partition coefficient (Wildman–Crippen LogP) is 0.954. The van der Waals surface area contributed by atoms with Gasteiger partial charge in [-0.2, -0.15) is 0 Å². The summed E-state index contributed by atoms with van der Waals surface area (Å²) in [6.07, 6.45) is 0.900. The van der Waals surface area contributed by atoms with Crippen LogP contribution in [0.4, 0.5) is 5.69 Å². The number of aromatic nitrogens is 2. The van der Waals surface area contributed by atoms with Crippen LogP contribution in [-0.4, -0.2) is 29.2 Å². The lowest BCUT2D eigenvalue weighted by atomic mass is 10.3. The minimum atomic E-state index is -3.73. The van der Waals surface area contributed by atoms with Crippen molar-refractivity contribution in [1.82, 2.24) is 9.61 Å². The highest BCUT2D eigenvalue weighted by atomic mass is 32.2. The first-order chi connectivity index (χ1) is 7.82. The van der Waals surface area contributed by atoms with Crippen LogP contribution in [0.5, 0.6) is 0 Å². The second-order valence-electron chi connectivity index (χ2n) is 3.65. The van der Waals surface area contributed by atoms with Gasteiger partial charge >= 0.3 is 5.69 Å². The van der Waals surface area contributed by atoms with Gasteiger partial charge < -0.3 is 0 Å². The molecule has 2 heterocycles. The summed E-state index contributed by atoms with van der Waals surface area (Å²) in [6, 6.07) is 4.77. The normalized spacial score (nSPS) is 11.9. The van der Waals surface area contributed by atoms with Crippen molar-refractivity contribution in [2.45, 2.75) is 11.9 Å². The van der Waals surface area contributed by atoms with E-state index in [4.69, 9.17) is 0 Å². The molecular formula is C9H9N3O4S. The van der Waals surface area contributed by atoms with E-state index in [2.05, 4.69) is 5.10 Å². The molecule has 0 aliphatic carbocycles. The molecule has 0 aliphatic rings. The van der Waals surface area contributed by atoms with Gasteiger partial charge in [0, 0.05) is 11.9 Å². The van der Waals surface area contributed by atoms with Gasteiger partial charge in [-0.1, -0.05) is 6.07 Å². The second-order valence-corrected chi connectivity index (χ2v) is 5.58. The second kappa shape index (κ2) is 3.52. The molecule has 0 aromatic carbocycles. The highest BCUT2D eigenvalue weighted by Gasteiger charge is 2.30. The molecule has 0 saturated carbocycles. The maximum Gasteiger partial charge on any atom is 0.333 e. The van der Waals surface area contributed by atoms with Crippen LogP contribution in [0.3, 0.4) is 0 Å². The Labute approximate surface area is 96.7 Å². The number of aryl methyl sites for hydroxylation is 1. The lowest BCUT2D eigenvalue weighted by molar-refractivity contribution is -0.386. The molecular weight excluding hydrogens is 246 g/mol. The molecule has 0 saturated heterocycles. The van der Waals surface area contributed by atoms with E-state index in [0.29, 0.717) is 5.69 Å². The van der Waals surface area contributed by atoms with E-state index >= 15 is 0 Å². The molecule has 8 heteroatoms. The highest BCUT2D eigenvalue weighted by molar-refractivity contribution is 7.90. The lowest BCUT2D eigenvalue weighted by Gasteiger charge is -1.95. The quantitative estimate of drug-likeness (QED) is 0.588. The Morgan fingerprint density at radius 1 is 1.41 bits per heavy atom. The number of pyridine rings is 1. The number of nitro groups is 1. The van der Waals surface area contributed by atoms with Crippen molar-refractivity contribution in [2.24, 2.45) is 0 Å². The van der Waals surface area contributed by atoms with Crippen LogP contribution in [0.1, 0.15) is 5.69 Å². The average Bonchev–Trinajstić information content (AvgIpc) is 2.57. The van der Waals surface area contributed by atoms with E-state index in [1.54, 1.807) is 19.1 Å². The summed E-state index contributed by atoms with van der Waals surface area (Å²) in [5.41, 5.74) is 0.326. The Bertz CT molecular complexity index is 717. The van der Waals surface area contributed by atoms with Gasteiger partial charge in [-0.05, 0) is 19.1 Å². The van der Waals surface area contributed by atoms with Gasteiger partial charge in [-0.15, -0.1) is 5.10 Å². The zero-order valence-corrected chi connectivity index (χ0v) is 9.93. The van der Waals surface area contributed by atoms with E-state index in [-0.39, 0.29) is 5.52 Å². The third-order valence-corrected chi connectivity index (χ3v) is 3.30. The topological polar surface area (TPSA) is 94.6 Å². The molecule has 2 rings (SSSR count). The Morgan fingerprint density at radius 2 is 2.06 bits per heavy atom. The van der Waals surface area contributed by atoms with Crippen molar-refractivity contribution in [2.75, 3.05) is 6.26 Å². The van der Waals surface area contributed by atoms with Gasteiger partial charge in [0.2, 0.25) is 9.84 Å². The molecule has 7 nitrogen and oxygen atoms in total. The summed E-state index contributed by atoms with van der Waals surface area (Å²) in [5.74, 6) is 0. The van der Waals surface area contributed by atoms with Crippen LogP contribution in [-0.2, 0) is 9.84 Å². The molecule has 0 N–H and O–H groups in total. The SMILES string of the molecule is Cc1cccc2c([N+](=O)[O-])c(S(C)(=O)=O)nn12. The number of nitrogens with zero attached hydrogens (tertiary/aromatic N) is 3. The number of hydrogen-bond donors (Lipinski definition) is 0. The van der Waals surface area contributed by atoms with Gasteiger partial charge in [0.05, 0.1) is 4.92 Å². The van der Waals surface area contributed by atoms with E-state index in [1.807, 2.05) is 0 Å². The largest absolute Gasteiger partial charge is 0.333 e. The van der Waals surface area contributed by atoms with Gasteiger partial charge in [0.25, 0.3) is 5.03 Å². The highest BCUT2D eigenvalue weighted by Crippen LogP contribution is 2.28. The fraction of sp³-hybridized carbons (Fsp3) is 0.222. The molecule has 0 spiro atoms. The molecule has 0 unspecified atom stereocenters. The van der Waals surface area contributed by atoms with Gasteiger partial charge in [-0.3, -0.25) is 10.1 Å². The Hall–Kier alpha value is -1.96. The van der Waals surface area contributed by atoms with Crippen LogP contribution in [0.15, 0.2) is 23.2 Å². The van der Waals surface area contributed by atoms with Crippen LogP contribution in [0, 0.1) is 17.0 Å². The molecule has 0 fully saturated rings. The number of sulfone groups is 1. The first kappa shape index (κ1) is 11.5. The maximum absolute atomic E-state index is 11.5. The summed E-state index contributed by atoms with van der Waals surface area (Å²) < 4.78 is 24.2. The van der Waals surface area contributed by atoms with Crippen LogP contribution in [0.2, 0.25) is 0 Å². The first-order valence-corrected chi connectivity index (χ1v) is 6.54. The maximum atomic E-state index is 11.5. The standard InChI is InChI=1S/C9H9N3O4S/c1-6-4-3-5-7-8(12(13)14)9(10-11(6)7)17(2,15)16/h3-5H,1-2H3. The summed E-state index contributed by atoms with van der Waals surface area (Å²) in [7, 11) is -3.73. The van der Waals surface area contributed by atoms with Crippen molar-refractivity contribution in [3.63, 3.8) is 0 Å². The van der Waals surface area contributed by atoms with Crippen molar-refractivity contribution < 1.29 is 13.3 Å². The van der Waals surface area contributed by atoms with E-state index in [0.717, 1.165) is 6.26 Å². The molecule has 2 aromatic heterocycles. The summed E-state index contributed by atoms with van der Waals surface area (Å²) in [6.45, 7) is 1.69. The minimum absolute atomic E-state index is 0.176. The van der Waals surface area contributed by atoms with Crippen LogP contribution >= 0.6 is 0 Å². The average molecular weight is 255 g/mol. The number of rotatable bonds is 2. The molecule has 2 aromatic rings. The molecule has 0 radical (unpaired) electrons. The Kier molecular flexibility index (Phi) is 2.39. The Morgan fingerprint density at radius 3 is 2.59 bits per heavy atom. The van der Waals surface area contributed by atoms with Gasteiger partial charge in [-0.25, -0.2) is 12.9 Å². The van der Waals surface area contributed by atoms with Crippen molar-refractivity contribution in [3.05, 3.63) is 34.0 Å². The fourth-order valence-corrected chi connectivity index (χ4v) is 2.35. The first-order valence-electron chi connectivity index (χ1n) is 4.65. The predicted molar refractivity (Wildman–Crippen MR) is 59.7 cm³/mol. The molecule has 0 atom stereocenters. The molecule has 0 aliphatic heterocycles. The zero-order chi connectivity index (χ0) is 12.8. The van der Waals surface area contributed by atoms with Crippen LogP contribution in [0.25, 0.3) is 5.52 Å². The summed E-state index contributed by atoms with van der Waals surface area (Å²) in [5, 5.41) is 14.2. The lowest BCUT2D eigenvalue weighted by Crippen LogP contribution is -2.02. The monoisotopic (exact) mass is 255 g/mol. The number of hydrogen-bond acceptors (Lipinski definition) is 5. The summed E-state index contributed by atoms with van der Waals surface area (Å²) >= 11 is 0. The molecule has 0 bridgehead atoms. The minimum Gasteiger partial charge on any atom is -0.258 e. The smallest absolute Gasteiger partial charge is 0.258 e. The van der Waals surface area contributed by atoms with Crippen molar-refractivity contribution in [3.8, 4) is 0 Å². The molecule has 90 valence electrons. The van der Waals surface area contributed by atoms with Gasteiger partial charge in [0.1, 0.15) is 5.52 Å². The van der Waals surface area contributed by atoms with Crippen molar-refractivity contribution in [1.29, 1.82) is 0 Å². The fourth-order valence-electron chi connectivity index (χ4n) is 1.59. The van der Waals surface area contributed by atoms with E-state index < -0.39 is 25.5 Å². The third-order valence-electron chi connectivity index (χ3n) is 2.32. The van der Waals surface area contributed by atoms with Gasteiger partial charge in [0.15, 0.2) is 0 Å². The van der Waals surface area contributed by atoms with E-state index in [9.17, 15) is 18.5 Å². The molecule has 0 amide bonds. The van der Waals surface area contributed by atoms with Crippen LogP contribution < -0.4 is 0 Å².